The molecule has 0 radical (unpaired) electrons. The Morgan fingerprint density at radius 3 is 1.76 bits per heavy atom. The first-order valence-corrected chi connectivity index (χ1v) is 10.5. The van der Waals surface area contributed by atoms with Gasteiger partial charge in [0.05, 0.1) is 17.1 Å². The summed E-state index contributed by atoms with van der Waals surface area (Å²) in [5.41, 5.74) is 1.64. The molecule has 0 aromatic heterocycles. The van der Waals surface area contributed by atoms with Crippen molar-refractivity contribution >= 4 is 13.5 Å². The molecule has 3 atom stereocenters. The second-order valence-corrected chi connectivity index (χ2v) is 8.03. The second-order valence-electron chi connectivity index (χ2n) is 6.53. The van der Waals surface area contributed by atoms with E-state index >= 15 is 0 Å². The number of nitro benzene ring substituents is 1. The summed E-state index contributed by atoms with van der Waals surface area (Å²) in [7, 11) is -3.99. The summed E-state index contributed by atoms with van der Waals surface area (Å²) in [5.74, 6) is 0.166. The lowest BCUT2D eigenvalue weighted by molar-refractivity contribution is -0.384. The molecule has 1 fully saturated rings. The van der Waals surface area contributed by atoms with E-state index in [-0.39, 0.29) is 11.4 Å². The lowest BCUT2D eigenvalue weighted by Gasteiger charge is -2.34. The number of rotatable bonds is 5. The molecule has 3 aromatic rings. The average molecular weight is 411 g/mol. The number of phosphoric acid groups is 1. The number of non-ortho nitro benzene ring substituents is 1. The van der Waals surface area contributed by atoms with Gasteiger partial charge in [0.15, 0.2) is 0 Å². The predicted octanol–water partition coefficient (Wildman–Crippen LogP) is 6.00. The molecule has 0 amide bonds. The van der Waals surface area contributed by atoms with Crippen molar-refractivity contribution in [1.29, 1.82) is 0 Å². The second kappa shape index (κ2) is 8.17. The van der Waals surface area contributed by atoms with Gasteiger partial charge in [-0.15, -0.1) is 0 Å². The quantitative estimate of drug-likeness (QED) is 0.291. The van der Waals surface area contributed by atoms with Gasteiger partial charge in [-0.25, -0.2) is 4.57 Å². The van der Waals surface area contributed by atoms with Crippen molar-refractivity contribution in [2.24, 2.45) is 0 Å². The first-order valence-electron chi connectivity index (χ1n) is 9.03. The highest BCUT2D eigenvalue weighted by molar-refractivity contribution is 7.49. The van der Waals surface area contributed by atoms with Crippen molar-refractivity contribution in [3.8, 4) is 5.75 Å². The summed E-state index contributed by atoms with van der Waals surface area (Å²) in [6.07, 6.45) is -0.500. The van der Waals surface area contributed by atoms with Gasteiger partial charge in [0.25, 0.3) is 5.69 Å². The van der Waals surface area contributed by atoms with Gasteiger partial charge < -0.3 is 4.52 Å². The highest BCUT2D eigenvalue weighted by Gasteiger charge is 2.43. The van der Waals surface area contributed by atoms with Gasteiger partial charge in [-0.2, -0.15) is 0 Å². The maximum Gasteiger partial charge on any atom is 0.531 e. The van der Waals surface area contributed by atoms with Crippen LogP contribution in [0.15, 0.2) is 84.9 Å². The zero-order chi connectivity index (χ0) is 20.3. The molecule has 1 heterocycles. The average Bonchev–Trinajstić information content (AvgIpc) is 2.75. The zero-order valence-corrected chi connectivity index (χ0v) is 16.2. The standard InChI is InChI=1S/C21H18NO6P/c23-22(24)18-11-13-19(14-12-18)26-29(25)27-20(16-7-3-1-4-8-16)15-21(28-29)17-9-5-2-6-10-17/h1-14,20-21H,15H2/t20-,21+,29?. The third-order valence-corrected chi connectivity index (χ3v) is 6.01. The Morgan fingerprint density at radius 1 is 0.828 bits per heavy atom. The Hall–Kier alpha value is -2.99. The molecule has 0 bridgehead atoms. The van der Waals surface area contributed by atoms with Crippen LogP contribution in [0.4, 0.5) is 5.69 Å². The molecule has 0 aliphatic carbocycles. The molecule has 8 heteroatoms. The number of nitrogens with zero attached hydrogens (tertiary/aromatic N) is 1. The maximum absolute atomic E-state index is 13.4. The Kier molecular flexibility index (Phi) is 5.45. The third kappa shape index (κ3) is 4.54. The normalized spacial score (nSPS) is 24.0. The zero-order valence-electron chi connectivity index (χ0n) is 15.3. The van der Waals surface area contributed by atoms with Crippen molar-refractivity contribution in [3.05, 3.63) is 106 Å². The van der Waals surface area contributed by atoms with E-state index in [1.807, 2.05) is 60.7 Å². The molecular weight excluding hydrogens is 393 g/mol. The van der Waals surface area contributed by atoms with Crippen molar-refractivity contribution in [1.82, 2.24) is 0 Å². The summed E-state index contributed by atoms with van der Waals surface area (Å²) in [6, 6.07) is 24.2. The summed E-state index contributed by atoms with van der Waals surface area (Å²) in [5, 5.41) is 10.8. The van der Waals surface area contributed by atoms with Crippen LogP contribution in [-0.2, 0) is 13.6 Å². The van der Waals surface area contributed by atoms with Crippen LogP contribution < -0.4 is 4.52 Å². The fraction of sp³-hybridized carbons (Fsp3) is 0.143. The minimum Gasteiger partial charge on any atom is -0.404 e. The van der Waals surface area contributed by atoms with Crippen LogP contribution in [0.1, 0.15) is 29.8 Å². The highest BCUT2D eigenvalue weighted by Crippen LogP contribution is 2.61. The van der Waals surface area contributed by atoms with Crippen molar-refractivity contribution < 1.29 is 23.1 Å². The molecule has 1 unspecified atom stereocenters. The van der Waals surface area contributed by atoms with Crippen LogP contribution in [0.25, 0.3) is 0 Å². The van der Waals surface area contributed by atoms with Crippen LogP contribution in [0.2, 0.25) is 0 Å². The summed E-state index contributed by atoms with van der Waals surface area (Å²) < 4.78 is 30.5. The highest BCUT2D eigenvalue weighted by atomic mass is 31.2. The maximum atomic E-state index is 13.4. The molecule has 3 aromatic carbocycles. The molecule has 7 nitrogen and oxygen atoms in total. The number of hydrogen-bond donors (Lipinski definition) is 0. The van der Waals surface area contributed by atoms with E-state index < -0.39 is 25.0 Å². The molecule has 1 saturated heterocycles. The lowest BCUT2D eigenvalue weighted by Crippen LogP contribution is -2.20. The SMILES string of the molecule is O=[N+]([O-])c1ccc(OP2(=O)O[C@H](c3ccccc3)C[C@H](c3ccccc3)O2)cc1. The Morgan fingerprint density at radius 2 is 1.31 bits per heavy atom. The van der Waals surface area contributed by atoms with E-state index in [0.717, 1.165) is 11.1 Å². The predicted molar refractivity (Wildman–Crippen MR) is 106 cm³/mol. The minimum atomic E-state index is -3.99. The van der Waals surface area contributed by atoms with Crippen molar-refractivity contribution in [2.45, 2.75) is 18.6 Å². The third-order valence-electron chi connectivity index (χ3n) is 4.55. The monoisotopic (exact) mass is 411 g/mol. The van der Waals surface area contributed by atoms with Gasteiger partial charge in [-0.1, -0.05) is 60.7 Å². The van der Waals surface area contributed by atoms with Crippen molar-refractivity contribution in [2.75, 3.05) is 0 Å². The van der Waals surface area contributed by atoms with Crippen LogP contribution in [0.3, 0.4) is 0 Å². The number of hydrogen-bond acceptors (Lipinski definition) is 6. The van der Waals surface area contributed by atoms with E-state index in [9.17, 15) is 14.7 Å². The molecule has 1 aliphatic rings. The smallest absolute Gasteiger partial charge is 0.404 e. The first kappa shape index (κ1) is 19.3. The van der Waals surface area contributed by atoms with E-state index in [0.29, 0.717) is 6.42 Å². The molecule has 0 saturated carbocycles. The summed E-state index contributed by atoms with van der Waals surface area (Å²) in [6.45, 7) is 0. The van der Waals surface area contributed by atoms with Gasteiger partial charge in [0.2, 0.25) is 0 Å². The van der Waals surface area contributed by atoms with E-state index in [4.69, 9.17) is 13.6 Å². The lowest BCUT2D eigenvalue weighted by atomic mass is 9.99. The Labute approximate surface area is 167 Å². The molecule has 0 N–H and O–H groups in total. The van der Waals surface area contributed by atoms with Gasteiger partial charge in [-0.05, 0) is 23.3 Å². The van der Waals surface area contributed by atoms with Crippen LogP contribution >= 0.6 is 7.82 Å². The first-order chi connectivity index (χ1) is 14.0. The molecular formula is C21H18NO6P. The number of benzene rings is 3. The molecule has 1 aliphatic heterocycles. The Balaban J connectivity index is 1.63. The van der Waals surface area contributed by atoms with E-state index in [1.54, 1.807) is 0 Å². The number of nitro groups is 1. The van der Waals surface area contributed by atoms with E-state index in [1.165, 1.54) is 24.3 Å². The molecule has 4 rings (SSSR count). The van der Waals surface area contributed by atoms with Crippen molar-refractivity contribution in [3.63, 3.8) is 0 Å². The molecule has 148 valence electrons. The van der Waals surface area contributed by atoms with Gasteiger partial charge >= 0.3 is 7.82 Å². The van der Waals surface area contributed by atoms with Crippen LogP contribution in [0, 0.1) is 10.1 Å². The fourth-order valence-electron chi connectivity index (χ4n) is 3.15. The Bertz CT molecular complexity index is 975. The van der Waals surface area contributed by atoms with Gasteiger partial charge in [0.1, 0.15) is 5.75 Å². The summed E-state index contributed by atoms with van der Waals surface area (Å²) in [4.78, 5) is 10.3. The molecule has 0 spiro atoms. The number of phosphoric ester groups is 1. The summed E-state index contributed by atoms with van der Waals surface area (Å²) >= 11 is 0. The minimum absolute atomic E-state index is 0.0922. The van der Waals surface area contributed by atoms with Crippen LogP contribution in [0.5, 0.6) is 5.75 Å². The van der Waals surface area contributed by atoms with Crippen LogP contribution in [-0.4, -0.2) is 4.92 Å². The fourth-order valence-corrected chi connectivity index (χ4v) is 4.70. The van der Waals surface area contributed by atoms with Gasteiger partial charge in [0, 0.05) is 18.6 Å². The van der Waals surface area contributed by atoms with Gasteiger partial charge in [-0.3, -0.25) is 19.2 Å². The topological polar surface area (TPSA) is 87.9 Å². The largest absolute Gasteiger partial charge is 0.531 e. The molecule has 29 heavy (non-hydrogen) atoms. The van der Waals surface area contributed by atoms with E-state index in [2.05, 4.69) is 0 Å².